The van der Waals surface area contributed by atoms with Gasteiger partial charge >= 0.3 is 5.97 Å². The van der Waals surface area contributed by atoms with Crippen LogP contribution in [0, 0.1) is 17.8 Å². The van der Waals surface area contributed by atoms with Crippen molar-refractivity contribution in [3.05, 3.63) is 26.6 Å². The number of carboxylic acids is 1. The molecule has 3 rings (SSSR count). The first-order valence-electron chi connectivity index (χ1n) is 6.89. The van der Waals surface area contributed by atoms with E-state index in [2.05, 4.69) is 31.9 Å². The quantitative estimate of drug-likeness (QED) is 0.790. The average Bonchev–Trinajstić information content (AvgIpc) is 2.99. The predicted octanol–water partition coefficient (Wildman–Crippen LogP) is 4.72. The van der Waals surface area contributed by atoms with Crippen molar-refractivity contribution in [2.75, 3.05) is 6.61 Å². The van der Waals surface area contributed by atoms with Crippen LogP contribution in [0.1, 0.15) is 36.0 Å². The summed E-state index contributed by atoms with van der Waals surface area (Å²) in [6, 6.07) is 3.17. The van der Waals surface area contributed by atoms with Crippen molar-refractivity contribution < 1.29 is 14.6 Å². The summed E-state index contributed by atoms with van der Waals surface area (Å²) in [5.41, 5.74) is 0.246. The molecule has 3 nitrogen and oxygen atoms in total. The summed E-state index contributed by atoms with van der Waals surface area (Å²) in [6.45, 7) is 0.727. The Bertz CT molecular complexity index is 521. The maximum absolute atomic E-state index is 11.0. The van der Waals surface area contributed by atoms with Gasteiger partial charge in [-0.3, -0.25) is 0 Å². The summed E-state index contributed by atoms with van der Waals surface area (Å²) in [7, 11) is 0. The van der Waals surface area contributed by atoms with Crippen LogP contribution in [-0.2, 0) is 0 Å². The normalized spacial score (nSPS) is 27.8. The van der Waals surface area contributed by atoms with Crippen molar-refractivity contribution in [3.63, 3.8) is 0 Å². The van der Waals surface area contributed by atoms with Gasteiger partial charge in [-0.05, 0) is 81.0 Å². The molecule has 20 heavy (non-hydrogen) atoms. The molecular formula is C15H16Br2O3. The van der Waals surface area contributed by atoms with Gasteiger partial charge < -0.3 is 9.84 Å². The van der Waals surface area contributed by atoms with Crippen LogP contribution in [0.2, 0.25) is 0 Å². The highest BCUT2D eigenvalue weighted by Crippen LogP contribution is 2.48. The van der Waals surface area contributed by atoms with Crippen LogP contribution in [0.3, 0.4) is 0 Å². The van der Waals surface area contributed by atoms with Crippen LogP contribution >= 0.6 is 31.9 Å². The van der Waals surface area contributed by atoms with E-state index in [1.165, 1.54) is 25.7 Å². The molecule has 0 aromatic heterocycles. The summed E-state index contributed by atoms with van der Waals surface area (Å²) in [5.74, 6) is 2.17. The van der Waals surface area contributed by atoms with Gasteiger partial charge in [0.1, 0.15) is 5.75 Å². The number of carboxylic acid groups (broad SMARTS) is 1. The van der Waals surface area contributed by atoms with E-state index in [0.717, 1.165) is 18.4 Å². The fourth-order valence-corrected chi connectivity index (χ4v) is 5.01. The maximum Gasteiger partial charge on any atom is 0.335 e. The maximum atomic E-state index is 11.0. The van der Waals surface area contributed by atoms with Crippen molar-refractivity contribution in [3.8, 4) is 5.75 Å². The van der Waals surface area contributed by atoms with Crippen LogP contribution in [0.25, 0.3) is 0 Å². The smallest absolute Gasteiger partial charge is 0.335 e. The van der Waals surface area contributed by atoms with Gasteiger partial charge in [0.05, 0.1) is 21.1 Å². The Morgan fingerprint density at radius 1 is 1.25 bits per heavy atom. The first-order valence-corrected chi connectivity index (χ1v) is 8.48. The van der Waals surface area contributed by atoms with E-state index in [-0.39, 0.29) is 5.56 Å². The fourth-order valence-electron chi connectivity index (χ4n) is 3.59. The second kappa shape index (κ2) is 5.68. The standard InChI is InChI=1S/C15H16Br2O3/c16-12-5-10(15(18)19)6-13(17)14(12)20-7-11-4-8-1-2-9(11)3-8/h5-6,8-9,11H,1-4,7H2,(H,18,19). The molecule has 1 aromatic rings. The molecule has 0 radical (unpaired) electrons. The highest BCUT2D eigenvalue weighted by atomic mass is 79.9. The molecule has 0 aliphatic heterocycles. The Balaban J connectivity index is 1.70. The van der Waals surface area contributed by atoms with E-state index >= 15 is 0 Å². The largest absolute Gasteiger partial charge is 0.491 e. The first-order chi connectivity index (χ1) is 9.54. The Kier molecular flexibility index (Phi) is 4.09. The molecule has 2 aliphatic carbocycles. The van der Waals surface area contributed by atoms with Crippen LogP contribution in [0.4, 0.5) is 0 Å². The number of aromatic carboxylic acids is 1. The fraction of sp³-hybridized carbons (Fsp3) is 0.533. The minimum atomic E-state index is -0.939. The summed E-state index contributed by atoms with van der Waals surface area (Å²) < 4.78 is 7.33. The topological polar surface area (TPSA) is 46.5 Å². The van der Waals surface area contributed by atoms with Gasteiger partial charge in [-0.25, -0.2) is 4.79 Å². The van der Waals surface area contributed by atoms with E-state index in [9.17, 15) is 4.79 Å². The number of halogens is 2. The zero-order valence-corrected chi connectivity index (χ0v) is 14.1. The molecule has 0 saturated heterocycles. The van der Waals surface area contributed by atoms with Crippen molar-refractivity contribution in [1.29, 1.82) is 0 Å². The van der Waals surface area contributed by atoms with E-state index < -0.39 is 5.97 Å². The highest BCUT2D eigenvalue weighted by Gasteiger charge is 2.39. The summed E-state index contributed by atoms with van der Waals surface area (Å²) in [6.07, 6.45) is 5.39. The first kappa shape index (κ1) is 14.4. The minimum Gasteiger partial charge on any atom is -0.491 e. The number of rotatable bonds is 4. The molecule has 2 bridgehead atoms. The Hall–Kier alpha value is -0.550. The number of hydrogen-bond donors (Lipinski definition) is 1. The zero-order valence-electron chi connectivity index (χ0n) is 10.9. The van der Waals surface area contributed by atoms with Crippen LogP contribution in [0.15, 0.2) is 21.1 Å². The van der Waals surface area contributed by atoms with Gasteiger partial charge in [0.2, 0.25) is 0 Å². The van der Waals surface area contributed by atoms with Crippen molar-refractivity contribution in [2.45, 2.75) is 25.7 Å². The lowest BCUT2D eigenvalue weighted by molar-refractivity contribution is 0.0696. The number of hydrogen-bond acceptors (Lipinski definition) is 2. The third-order valence-corrected chi connectivity index (χ3v) is 5.75. The molecule has 1 aromatic carbocycles. The van der Waals surface area contributed by atoms with Gasteiger partial charge in [0.25, 0.3) is 0 Å². The number of ether oxygens (including phenoxy) is 1. The molecule has 3 atom stereocenters. The number of carbonyl (C=O) groups is 1. The van der Waals surface area contributed by atoms with Crippen LogP contribution < -0.4 is 4.74 Å². The molecule has 3 unspecified atom stereocenters. The summed E-state index contributed by atoms with van der Waals surface area (Å²) in [4.78, 5) is 11.0. The molecule has 5 heteroatoms. The minimum absolute atomic E-state index is 0.246. The Morgan fingerprint density at radius 2 is 1.95 bits per heavy atom. The average molecular weight is 404 g/mol. The zero-order chi connectivity index (χ0) is 14.3. The number of benzene rings is 1. The molecule has 2 saturated carbocycles. The second-order valence-electron chi connectivity index (χ2n) is 5.82. The molecule has 2 fully saturated rings. The number of fused-ring (bicyclic) bond motifs is 2. The lowest BCUT2D eigenvalue weighted by Crippen LogP contribution is -2.18. The molecule has 0 heterocycles. The van der Waals surface area contributed by atoms with E-state index in [4.69, 9.17) is 9.84 Å². The predicted molar refractivity (Wildman–Crippen MR) is 83.2 cm³/mol. The summed E-state index contributed by atoms with van der Waals surface area (Å²) in [5, 5.41) is 9.02. The SMILES string of the molecule is O=C(O)c1cc(Br)c(OCC2CC3CCC2C3)c(Br)c1. The van der Waals surface area contributed by atoms with Crippen molar-refractivity contribution in [2.24, 2.45) is 17.8 Å². The lowest BCUT2D eigenvalue weighted by Gasteiger charge is -2.22. The van der Waals surface area contributed by atoms with E-state index in [0.29, 0.717) is 20.6 Å². The van der Waals surface area contributed by atoms with Gasteiger partial charge in [-0.2, -0.15) is 0 Å². The highest BCUT2D eigenvalue weighted by molar-refractivity contribution is 9.11. The van der Waals surface area contributed by atoms with E-state index in [1.807, 2.05) is 0 Å². The lowest BCUT2D eigenvalue weighted by atomic mass is 9.89. The second-order valence-corrected chi connectivity index (χ2v) is 7.53. The van der Waals surface area contributed by atoms with Crippen LogP contribution in [0.5, 0.6) is 5.75 Å². The molecule has 108 valence electrons. The summed E-state index contributed by atoms with van der Waals surface area (Å²) >= 11 is 6.80. The molecular weight excluding hydrogens is 388 g/mol. The molecule has 0 amide bonds. The third-order valence-electron chi connectivity index (χ3n) is 4.57. The Morgan fingerprint density at radius 3 is 2.45 bits per heavy atom. The van der Waals surface area contributed by atoms with E-state index in [1.54, 1.807) is 12.1 Å². The van der Waals surface area contributed by atoms with Gasteiger partial charge in [-0.15, -0.1) is 0 Å². The third kappa shape index (κ3) is 2.75. The van der Waals surface area contributed by atoms with Crippen molar-refractivity contribution in [1.82, 2.24) is 0 Å². The van der Waals surface area contributed by atoms with Crippen molar-refractivity contribution >= 4 is 37.8 Å². The monoisotopic (exact) mass is 402 g/mol. The van der Waals surface area contributed by atoms with Crippen LogP contribution in [-0.4, -0.2) is 17.7 Å². The molecule has 2 aliphatic rings. The Labute approximate surface area is 135 Å². The van der Waals surface area contributed by atoms with Gasteiger partial charge in [0, 0.05) is 0 Å². The van der Waals surface area contributed by atoms with Gasteiger partial charge in [-0.1, -0.05) is 6.42 Å². The molecule has 1 N–H and O–H groups in total. The molecule has 0 spiro atoms. The van der Waals surface area contributed by atoms with Gasteiger partial charge in [0.15, 0.2) is 0 Å².